The van der Waals surface area contributed by atoms with E-state index in [4.69, 9.17) is 0 Å². The molecule has 2 atom stereocenters. The Labute approximate surface area is 122 Å². The molecule has 2 N–H and O–H groups in total. The van der Waals surface area contributed by atoms with Gasteiger partial charge in [-0.3, -0.25) is 4.79 Å². The highest BCUT2D eigenvalue weighted by Gasteiger charge is 2.38. The summed E-state index contributed by atoms with van der Waals surface area (Å²) in [6, 6.07) is 1.10. The Morgan fingerprint density at radius 2 is 1.60 bits per heavy atom. The molecule has 0 aromatic carbocycles. The molecule has 3 aliphatic carbocycles. The summed E-state index contributed by atoms with van der Waals surface area (Å²) in [7, 11) is 0. The normalized spacial score (nSPS) is 34.4. The van der Waals surface area contributed by atoms with Crippen molar-refractivity contribution < 1.29 is 9.90 Å². The van der Waals surface area contributed by atoms with Crippen LogP contribution in [0.15, 0.2) is 0 Å². The van der Waals surface area contributed by atoms with Crippen molar-refractivity contribution >= 4 is 5.97 Å². The highest BCUT2D eigenvalue weighted by atomic mass is 16.4. The van der Waals surface area contributed by atoms with Crippen LogP contribution in [0.4, 0.5) is 0 Å². The number of carbonyl (C=O) groups is 1. The van der Waals surface area contributed by atoms with E-state index < -0.39 is 5.97 Å². The molecule has 20 heavy (non-hydrogen) atoms. The highest BCUT2D eigenvalue weighted by Crippen LogP contribution is 2.49. The van der Waals surface area contributed by atoms with Crippen LogP contribution in [0.25, 0.3) is 0 Å². The minimum absolute atomic E-state index is 0.106. The standard InChI is InChI=1S/C17H29NO2/c19-16(20)13-4-3-5-15(12-13)18-14-6-10-17(11-7-14)8-1-2-9-17/h13-15,18H,1-12H2,(H,19,20). The Balaban J connectivity index is 1.46. The SMILES string of the molecule is O=C(O)C1CCCC(NC2CCC3(CCCC3)CC2)C1. The molecular weight excluding hydrogens is 250 g/mol. The van der Waals surface area contributed by atoms with Crippen LogP contribution in [-0.2, 0) is 4.79 Å². The van der Waals surface area contributed by atoms with Crippen LogP contribution >= 0.6 is 0 Å². The zero-order valence-electron chi connectivity index (χ0n) is 12.6. The molecule has 0 bridgehead atoms. The van der Waals surface area contributed by atoms with E-state index in [2.05, 4.69) is 5.32 Å². The molecule has 0 saturated heterocycles. The lowest BCUT2D eigenvalue weighted by atomic mass is 9.71. The van der Waals surface area contributed by atoms with Gasteiger partial charge < -0.3 is 10.4 Å². The first-order chi connectivity index (χ1) is 9.67. The second-order valence-corrected chi connectivity index (χ2v) is 7.55. The average Bonchev–Trinajstić information content (AvgIpc) is 2.90. The van der Waals surface area contributed by atoms with Crippen LogP contribution in [0.3, 0.4) is 0 Å². The van der Waals surface area contributed by atoms with Gasteiger partial charge in [0.15, 0.2) is 0 Å². The molecule has 3 aliphatic rings. The maximum atomic E-state index is 11.1. The van der Waals surface area contributed by atoms with Crippen molar-refractivity contribution in [1.29, 1.82) is 0 Å². The van der Waals surface area contributed by atoms with Gasteiger partial charge in [0.1, 0.15) is 0 Å². The van der Waals surface area contributed by atoms with Gasteiger partial charge in [-0.05, 0) is 63.2 Å². The molecule has 0 aromatic heterocycles. The van der Waals surface area contributed by atoms with Crippen LogP contribution < -0.4 is 5.32 Å². The quantitative estimate of drug-likeness (QED) is 0.827. The number of carboxylic acid groups (broad SMARTS) is 1. The summed E-state index contributed by atoms with van der Waals surface area (Å²) < 4.78 is 0. The van der Waals surface area contributed by atoms with Crippen molar-refractivity contribution in [3.8, 4) is 0 Å². The van der Waals surface area contributed by atoms with Gasteiger partial charge >= 0.3 is 5.97 Å². The molecule has 0 amide bonds. The summed E-state index contributed by atoms with van der Waals surface area (Å²) in [5.41, 5.74) is 0.703. The van der Waals surface area contributed by atoms with E-state index in [9.17, 15) is 9.90 Å². The number of aliphatic carboxylic acids is 1. The summed E-state index contributed by atoms with van der Waals surface area (Å²) in [5.74, 6) is -0.698. The van der Waals surface area contributed by atoms with Gasteiger partial charge in [0.25, 0.3) is 0 Å². The minimum Gasteiger partial charge on any atom is -0.481 e. The van der Waals surface area contributed by atoms with E-state index in [0.29, 0.717) is 17.5 Å². The van der Waals surface area contributed by atoms with Gasteiger partial charge in [-0.1, -0.05) is 19.3 Å². The maximum absolute atomic E-state index is 11.1. The van der Waals surface area contributed by atoms with Gasteiger partial charge in [-0.25, -0.2) is 0 Å². The molecule has 0 aliphatic heterocycles. The average molecular weight is 279 g/mol. The van der Waals surface area contributed by atoms with Gasteiger partial charge in [-0.15, -0.1) is 0 Å². The maximum Gasteiger partial charge on any atom is 0.306 e. The van der Waals surface area contributed by atoms with E-state index in [1.54, 1.807) is 0 Å². The monoisotopic (exact) mass is 279 g/mol. The molecule has 3 rings (SSSR count). The van der Waals surface area contributed by atoms with E-state index >= 15 is 0 Å². The minimum atomic E-state index is -0.593. The van der Waals surface area contributed by atoms with Crippen LogP contribution in [0.2, 0.25) is 0 Å². The van der Waals surface area contributed by atoms with Gasteiger partial charge in [0, 0.05) is 12.1 Å². The molecule has 0 radical (unpaired) electrons. The first-order valence-electron chi connectivity index (χ1n) is 8.66. The Kier molecular flexibility index (Phi) is 4.34. The molecule has 3 fully saturated rings. The third kappa shape index (κ3) is 3.19. The molecule has 2 unspecified atom stereocenters. The largest absolute Gasteiger partial charge is 0.481 e. The fourth-order valence-electron chi connectivity index (χ4n) is 4.92. The molecule has 0 heterocycles. The third-order valence-electron chi connectivity index (χ3n) is 6.21. The van der Waals surface area contributed by atoms with Crippen molar-refractivity contribution in [1.82, 2.24) is 5.32 Å². The first-order valence-corrected chi connectivity index (χ1v) is 8.66. The molecule has 3 heteroatoms. The molecule has 0 aromatic rings. The Morgan fingerprint density at radius 3 is 2.25 bits per heavy atom. The van der Waals surface area contributed by atoms with Crippen LogP contribution in [0, 0.1) is 11.3 Å². The Bertz CT molecular complexity index is 339. The third-order valence-corrected chi connectivity index (χ3v) is 6.21. The number of hydrogen-bond acceptors (Lipinski definition) is 2. The summed E-state index contributed by atoms with van der Waals surface area (Å²) in [6.07, 6.45) is 15.2. The zero-order chi connectivity index (χ0) is 14.0. The van der Waals surface area contributed by atoms with Gasteiger partial charge in [0.05, 0.1) is 5.92 Å². The highest BCUT2D eigenvalue weighted by molar-refractivity contribution is 5.70. The van der Waals surface area contributed by atoms with Crippen molar-refractivity contribution in [3.63, 3.8) is 0 Å². The topological polar surface area (TPSA) is 49.3 Å². The lowest BCUT2D eigenvalue weighted by molar-refractivity contribution is -0.143. The van der Waals surface area contributed by atoms with Crippen molar-refractivity contribution in [2.24, 2.45) is 11.3 Å². The van der Waals surface area contributed by atoms with E-state index in [0.717, 1.165) is 19.3 Å². The predicted molar refractivity (Wildman–Crippen MR) is 79.7 cm³/mol. The summed E-state index contributed by atoms with van der Waals surface area (Å²) >= 11 is 0. The Morgan fingerprint density at radius 1 is 0.900 bits per heavy atom. The summed E-state index contributed by atoms with van der Waals surface area (Å²) in [4.78, 5) is 11.1. The summed E-state index contributed by atoms with van der Waals surface area (Å²) in [6.45, 7) is 0. The van der Waals surface area contributed by atoms with E-state index in [-0.39, 0.29) is 5.92 Å². The van der Waals surface area contributed by atoms with Crippen molar-refractivity contribution in [2.75, 3.05) is 0 Å². The van der Waals surface area contributed by atoms with Crippen molar-refractivity contribution in [2.45, 2.75) is 89.1 Å². The molecule has 114 valence electrons. The molecule has 3 nitrogen and oxygen atoms in total. The predicted octanol–water partition coefficient (Wildman–Crippen LogP) is 3.72. The number of nitrogens with one attached hydrogen (secondary N) is 1. The lowest BCUT2D eigenvalue weighted by Gasteiger charge is -2.40. The Hall–Kier alpha value is -0.570. The first kappa shape index (κ1) is 14.4. The number of hydrogen-bond donors (Lipinski definition) is 2. The molecular formula is C17H29NO2. The lowest BCUT2D eigenvalue weighted by Crippen LogP contribution is -2.45. The fourth-order valence-corrected chi connectivity index (χ4v) is 4.92. The van der Waals surface area contributed by atoms with Crippen LogP contribution in [-0.4, -0.2) is 23.2 Å². The van der Waals surface area contributed by atoms with Gasteiger partial charge in [0.2, 0.25) is 0 Å². The second-order valence-electron chi connectivity index (χ2n) is 7.55. The number of carboxylic acids is 1. The fraction of sp³-hybridized carbons (Fsp3) is 0.941. The number of rotatable bonds is 3. The summed E-state index contributed by atoms with van der Waals surface area (Å²) in [5, 5.41) is 13.0. The molecule has 3 saturated carbocycles. The second kappa shape index (κ2) is 6.05. The van der Waals surface area contributed by atoms with Crippen molar-refractivity contribution in [3.05, 3.63) is 0 Å². The molecule has 1 spiro atoms. The zero-order valence-corrected chi connectivity index (χ0v) is 12.6. The van der Waals surface area contributed by atoms with E-state index in [1.165, 1.54) is 57.8 Å². The van der Waals surface area contributed by atoms with E-state index in [1.807, 2.05) is 0 Å². The van der Waals surface area contributed by atoms with Crippen LogP contribution in [0.1, 0.15) is 77.0 Å². The van der Waals surface area contributed by atoms with Crippen LogP contribution in [0.5, 0.6) is 0 Å². The van der Waals surface area contributed by atoms with Gasteiger partial charge in [-0.2, -0.15) is 0 Å². The smallest absolute Gasteiger partial charge is 0.306 e.